The number of carbonyl (C=O) groups excluding carboxylic acids is 2. The molecule has 3 aromatic rings. The van der Waals surface area contributed by atoms with Crippen molar-refractivity contribution in [3.05, 3.63) is 93.6 Å². The number of aliphatic hydroxyl groups excluding tert-OH is 1. The molecule has 3 heterocycles. The smallest absolute Gasteiger partial charge is 0.295 e. The van der Waals surface area contributed by atoms with Gasteiger partial charge in [-0.2, -0.15) is 0 Å². The molecule has 2 atom stereocenters. The number of carbonyl (C=O) groups is 2. The average Bonchev–Trinajstić information content (AvgIpc) is 3.57. The Morgan fingerprint density at radius 2 is 1.97 bits per heavy atom. The SMILES string of the molecule is C[C@H]1Cc2cc(C(O)=C3C(=O)C(=O)N(CCCn4ccnc4)[C@H]3c3ccc([N+](=O)[O-])cc3)ccc2O1. The Morgan fingerprint density at radius 3 is 2.67 bits per heavy atom. The molecule has 2 aliphatic heterocycles. The summed E-state index contributed by atoms with van der Waals surface area (Å²) in [5, 5.41) is 22.4. The summed E-state index contributed by atoms with van der Waals surface area (Å²) in [6.07, 6.45) is 6.36. The van der Waals surface area contributed by atoms with E-state index in [2.05, 4.69) is 4.98 Å². The molecule has 0 spiro atoms. The zero-order chi connectivity index (χ0) is 25.4. The second-order valence-corrected chi connectivity index (χ2v) is 8.95. The van der Waals surface area contributed by atoms with Gasteiger partial charge in [-0.15, -0.1) is 0 Å². The molecular formula is C26H24N4O6. The van der Waals surface area contributed by atoms with E-state index < -0.39 is 22.7 Å². The van der Waals surface area contributed by atoms with Crippen LogP contribution in [0.4, 0.5) is 5.69 Å². The molecule has 10 nitrogen and oxygen atoms in total. The van der Waals surface area contributed by atoms with Gasteiger partial charge in [-0.05, 0) is 54.8 Å². The Kier molecular flexibility index (Phi) is 6.01. The van der Waals surface area contributed by atoms with Crippen LogP contribution < -0.4 is 4.74 Å². The molecule has 2 aromatic carbocycles. The van der Waals surface area contributed by atoms with Crippen LogP contribution in [0.25, 0.3) is 5.76 Å². The van der Waals surface area contributed by atoms with Crippen LogP contribution in [0.2, 0.25) is 0 Å². The number of rotatable bonds is 7. The number of imidazole rings is 1. The summed E-state index contributed by atoms with van der Waals surface area (Å²) in [6, 6.07) is 9.99. The fraction of sp³-hybridized carbons (Fsp3) is 0.269. The van der Waals surface area contributed by atoms with Crippen molar-refractivity contribution in [3.8, 4) is 5.75 Å². The van der Waals surface area contributed by atoms with Crippen LogP contribution >= 0.6 is 0 Å². The number of ketones is 1. The first-order valence-corrected chi connectivity index (χ1v) is 11.6. The number of aryl methyl sites for hydroxylation is 1. The Labute approximate surface area is 206 Å². The van der Waals surface area contributed by atoms with Gasteiger partial charge in [0.2, 0.25) is 0 Å². The normalized spacial score (nSPS) is 20.4. The van der Waals surface area contributed by atoms with Gasteiger partial charge < -0.3 is 19.3 Å². The molecule has 0 saturated carbocycles. The number of nitrogens with zero attached hydrogens (tertiary/aromatic N) is 4. The quantitative estimate of drug-likeness (QED) is 0.177. The van der Waals surface area contributed by atoms with Gasteiger partial charge in [-0.3, -0.25) is 19.7 Å². The molecule has 1 amide bonds. The van der Waals surface area contributed by atoms with Crippen molar-refractivity contribution in [1.82, 2.24) is 14.5 Å². The van der Waals surface area contributed by atoms with Crippen molar-refractivity contribution >= 4 is 23.1 Å². The lowest BCUT2D eigenvalue weighted by Crippen LogP contribution is -2.31. The highest BCUT2D eigenvalue weighted by Crippen LogP contribution is 2.41. The van der Waals surface area contributed by atoms with Gasteiger partial charge in [-0.1, -0.05) is 0 Å². The summed E-state index contributed by atoms with van der Waals surface area (Å²) in [7, 11) is 0. The van der Waals surface area contributed by atoms with Crippen molar-refractivity contribution in [2.75, 3.05) is 6.54 Å². The van der Waals surface area contributed by atoms with Crippen LogP contribution in [-0.4, -0.2) is 48.8 Å². The second-order valence-electron chi connectivity index (χ2n) is 8.95. The highest BCUT2D eigenvalue weighted by molar-refractivity contribution is 6.46. The van der Waals surface area contributed by atoms with E-state index in [1.54, 1.807) is 36.9 Å². The highest BCUT2D eigenvalue weighted by atomic mass is 16.6. The fourth-order valence-electron chi connectivity index (χ4n) is 4.80. The van der Waals surface area contributed by atoms with Gasteiger partial charge in [0.1, 0.15) is 17.6 Å². The number of nitro groups is 1. The molecular weight excluding hydrogens is 464 g/mol. The van der Waals surface area contributed by atoms with Gasteiger partial charge in [0.25, 0.3) is 17.4 Å². The first-order valence-electron chi connectivity index (χ1n) is 11.6. The average molecular weight is 489 g/mol. The number of fused-ring (bicyclic) bond motifs is 1. The minimum Gasteiger partial charge on any atom is -0.507 e. The van der Waals surface area contributed by atoms with Crippen molar-refractivity contribution in [2.45, 2.75) is 38.5 Å². The predicted molar refractivity (Wildman–Crippen MR) is 129 cm³/mol. The van der Waals surface area contributed by atoms with Crippen LogP contribution in [0.15, 0.2) is 66.8 Å². The second kappa shape index (κ2) is 9.29. The first-order chi connectivity index (χ1) is 17.3. The lowest BCUT2D eigenvalue weighted by molar-refractivity contribution is -0.384. The number of ether oxygens (including phenoxy) is 1. The zero-order valence-electron chi connectivity index (χ0n) is 19.5. The van der Waals surface area contributed by atoms with Crippen molar-refractivity contribution in [2.24, 2.45) is 0 Å². The molecule has 1 N–H and O–H groups in total. The van der Waals surface area contributed by atoms with E-state index in [9.17, 15) is 24.8 Å². The Hall–Kier alpha value is -4.47. The number of hydrogen-bond acceptors (Lipinski definition) is 7. The van der Waals surface area contributed by atoms with E-state index in [0.29, 0.717) is 30.5 Å². The topological polar surface area (TPSA) is 128 Å². The molecule has 1 fully saturated rings. The lowest BCUT2D eigenvalue weighted by atomic mass is 9.94. The van der Waals surface area contributed by atoms with Gasteiger partial charge in [0, 0.05) is 49.6 Å². The number of Topliss-reactive ketones (excluding diaryl/α,β-unsaturated/α-hetero) is 1. The summed E-state index contributed by atoms with van der Waals surface area (Å²) in [5.41, 5.74) is 1.68. The molecule has 184 valence electrons. The Balaban J connectivity index is 1.54. The third-order valence-electron chi connectivity index (χ3n) is 6.50. The number of aromatic nitrogens is 2. The molecule has 0 unspecified atom stereocenters. The van der Waals surface area contributed by atoms with Crippen LogP contribution in [0, 0.1) is 10.1 Å². The summed E-state index contributed by atoms with van der Waals surface area (Å²) in [6.45, 7) is 2.78. The van der Waals surface area contributed by atoms with Crippen LogP contribution in [0.1, 0.15) is 36.1 Å². The minimum absolute atomic E-state index is 0.0126. The Bertz CT molecular complexity index is 1360. The summed E-state index contributed by atoms with van der Waals surface area (Å²) in [4.78, 5) is 42.4. The van der Waals surface area contributed by atoms with Gasteiger partial charge in [-0.25, -0.2) is 4.98 Å². The summed E-state index contributed by atoms with van der Waals surface area (Å²) < 4.78 is 7.60. The van der Waals surface area contributed by atoms with E-state index in [4.69, 9.17) is 4.74 Å². The number of non-ortho nitro benzene ring substituents is 1. The number of amides is 1. The molecule has 1 aromatic heterocycles. The minimum atomic E-state index is -0.878. The number of likely N-dealkylation sites (tertiary alicyclic amines) is 1. The number of hydrogen-bond donors (Lipinski definition) is 1. The monoisotopic (exact) mass is 488 g/mol. The number of nitro benzene ring substituents is 1. The van der Waals surface area contributed by atoms with E-state index in [1.165, 1.54) is 29.2 Å². The van der Waals surface area contributed by atoms with Gasteiger partial charge in [0.05, 0.1) is 22.9 Å². The maximum absolute atomic E-state index is 13.2. The van der Waals surface area contributed by atoms with Gasteiger partial charge in [0.15, 0.2) is 0 Å². The van der Waals surface area contributed by atoms with E-state index in [1.807, 2.05) is 11.5 Å². The van der Waals surface area contributed by atoms with Crippen LogP contribution in [-0.2, 0) is 22.6 Å². The maximum atomic E-state index is 13.2. The van der Waals surface area contributed by atoms with Gasteiger partial charge >= 0.3 is 0 Å². The third-order valence-corrected chi connectivity index (χ3v) is 6.50. The molecule has 10 heteroatoms. The highest BCUT2D eigenvalue weighted by Gasteiger charge is 2.46. The van der Waals surface area contributed by atoms with Crippen molar-refractivity contribution in [1.29, 1.82) is 0 Å². The Morgan fingerprint density at radius 1 is 1.19 bits per heavy atom. The predicted octanol–water partition coefficient (Wildman–Crippen LogP) is 3.63. The van der Waals surface area contributed by atoms with E-state index in [0.717, 1.165) is 11.3 Å². The molecule has 1 saturated heterocycles. The van der Waals surface area contributed by atoms with Crippen LogP contribution in [0.3, 0.4) is 0 Å². The fourth-order valence-corrected chi connectivity index (χ4v) is 4.80. The zero-order valence-corrected chi connectivity index (χ0v) is 19.5. The van der Waals surface area contributed by atoms with Crippen LogP contribution in [0.5, 0.6) is 5.75 Å². The maximum Gasteiger partial charge on any atom is 0.295 e. The number of benzene rings is 2. The lowest BCUT2D eigenvalue weighted by Gasteiger charge is -2.25. The van der Waals surface area contributed by atoms with Crippen molar-refractivity contribution < 1.29 is 24.4 Å². The molecule has 0 radical (unpaired) electrons. The molecule has 0 bridgehead atoms. The van der Waals surface area contributed by atoms with E-state index >= 15 is 0 Å². The first kappa shape index (κ1) is 23.3. The summed E-state index contributed by atoms with van der Waals surface area (Å²) in [5.74, 6) is -1.06. The molecule has 5 rings (SSSR count). The molecule has 36 heavy (non-hydrogen) atoms. The summed E-state index contributed by atoms with van der Waals surface area (Å²) >= 11 is 0. The molecule has 0 aliphatic carbocycles. The van der Waals surface area contributed by atoms with Crippen molar-refractivity contribution in [3.63, 3.8) is 0 Å². The standard InChI is InChI=1S/C26H24N4O6/c1-16-13-19-14-18(5-8-21(19)36-16)24(31)22-23(17-3-6-20(7-4-17)30(34)35)29(26(33)25(22)32)11-2-10-28-12-9-27-15-28/h3-9,12,14-16,23,31H,2,10-11,13H2,1H3/t16-,23-/m0/s1. The third kappa shape index (κ3) is 4.21. The van der Waals surface area contributed by atoms with E-state index in [-0.39, 0.29) is 29.7 Å². The largest absolute Gasteiger partial charge is 0.507 e. The molecule has 2 aliphatic rings. The number of aliphatic hydroxyl groups is 1.